The minimum atomic E-state index is -2.06. The minimum absolute atomic E-state index is 0.0131. The molecule has 0 bridgehead atoms. The summed E-state index contributed by atoms with van der Waals surface area (Å²) < 4.78 is 53.3. The number of methoxy groups -OCH3 is 2. The molecule has 2 heterocycles. The predicted octanol–water partition coefficient (Wildman–Crippen LogP) is 8.33. The summed E-state index contributed by atoms with van der Waals surface area (Å²) in [6.45, 7) is 15.5. The zero-order chi connectivity index (χ0) is 50.3. The number of nitrogens with one attached hydrogen (secondary N) is 2. The van der Waals surface area contributed by atoms with Crippen molar-refractivity contribution in [1.82, 2.24) is 19.5 Å². The van der Waals surface area contributed by atoms with Crippen LogP contribution in [0.25, 0.3) is 0 Å². The Morgan fingerprint density at radius 2 is 1.49 bits per heavy atom. The Hall–Kier alpha value is -4.90. The van der Waals surface area contributed by atoms with Crippen molar-refractivity contribution < 1.29 is 47.1 Å². The molecule has 5 rings (SSSR count). The van der Waals surface area contributed by atoms with Crippen LogP contribution in [0.5, 0.6) is 11.5 Å². The molecule has 0 aliphatic carbocycles. The number of rotatable bonds is 24. The van der Waals surface area contributed by atoms with E-state index in [9.17, 15) is 24.4 Å². The van der Waals surface area contributed by atoms with Gasteiger partial charge in [-0.15, -0.1) is 0 Å². The molecule has 0 radical (unpaired) electrons. The van der Waals surface area contributed by atoms with Gasteiger partial charge in [-0.25, -0.2) is 19.1 Å². The molecule has 2 N–H and O–H groups in total. The maximum absolute atomic E-state index is 14.3. The van der Waals surface area contributed by atoms with Gasteiger partial charge in [0, 0.05) is 34.8 Å². The number of carbonyl (C=O) groups is 2. The second kappa shape index (κ2) is 25.8. The Balaban J connectivity index is 1.69. The monoisotopic (exact) mass is 1010 g/mol. The van der Waals surface area contributed by atoms with E-state index in [0.717, 1.165) is 27.3 Å². The van der Waals surface area contributed by atoms with Crippen LogP contribution < -0.4 is 26.0 Å². The molecule has 17 nitrogen and oxygen atoms in total. The summed E-state index contributed by atoms with van der Waals surface area (Å²) in [6.07, 6.45) is -5.03. The summed E-state index contributed by atoms with van der Waals surface area (Å²) in [6, 6.07) is 26.4. The molecule has 1 aliphatic heterocycles. The van der Waals surface area contributed by atoms with Gasteiger partial charge in [-0.3, -0.25) is 14.3 Å². The molecule has 0 saturated carbocycles. The number of nitriles is 1. The van der Waals surface area contributed by atoms with Crippen LogP contribution in [0.1, 0.15) is 84.7 Å². The highest BCUT2D eigenvalue weighted by atomic mass is 33.1. The van der Waals surface area contributed by atoms with E-state index in [-0.39, 0.29) is 48.8 Å². The third-order valence-corrected chi connectivity index (χ3v) is 16.0. The van der Waals surface area contributed by atoms with Crippen molar-refractivity contribution in [3.05, 3.63) is 129 Å². The Kier molecular flexibility index (Phi) is 20.6. The van der Waals surface area contributed by atoms with E-state index >= 15 is 0 Å². The Morgan fingerprint density at radius 1 is 0.899 bits per heavy atom. The molecule has 0 spiro atoms. The number of ether oxygens (including phenoxy) is 6. The summed E-state index contributed by atoms with van der Waals surface area (Å²) >= 11 is 0. The first kappa shape index (κ1) is 55.0. The van der Waals surface area contributed by atoms with Crippen molar-refractivity contribution in [3.8, 4) is 17.6 Å². The van der Waals surface area contributed by atoms with E-state index in [1.54, 1.807) is 21.1 Å². The third kappa shape index (κ3) is 14.6. The molecule has 1 fully saturated rings. The van der Waals surface area contributed by atoms with Crippen LogP contribution in [0.2, 0.25) is 0 Å². The number of benzene rings is 3. The first-order chi connectivity index (χ1) is 33.0. The number of aromatic amines is 1. The van der Waals surface area contributed by atoms with Crippen molar-refractivity contribution in [1.29, 1.82) is 5.26 Å². The van der Waals surface area contributed by atoms with Gasteiger partial charge < -0.3 is 42.8 Å². The number of aromatic nitrogens is 2. The van der Waals surface area contributed by atoms with E-state index in [1.807, 2.05) is 132 Å². The van der Waals surface area contributed by atoms with Crippen LogP contribution in [0.15, 0.2) is 101 Å². The molecule has 69 heavy (non-hydrogen) atoms. The third-order valence-electron chi connectivity index (χ3n) is 10.6. The molecule has 3 aromatic carbocycles. The Labute approximate surface area is 413 Å². The summed E-state index contributed by atoms with van der Waals surface area (Å²) in [5.41, 5.74) is -0.676. The number of nitrogens with zero attached hydrogens (tertiary/aromatic N) is 3. The predicted molar refractivity (Wildman–Crippen MR) is 267 cm³/mol. The zero-order valence-corrected chi connectivity index (χ0v) is 43.3. The van der Waals surface area contributed by atoms with Crippen molar-refractivity contribution in [3.63, 3.8) is 0 Å². The van der Waals surface area contributed by atoms with Gasteiger partial charge >= 0.3 is 17.8 Å². The van der Waals surface area contributed by atoms with Crippen molar-refractivity contribution in [2.75, 3.05) is 39.8 Å². The molecule has 1 amide bonds. The van der Waals surface area contributed by atoms with Gasteiger partial charge in [0.25, 0.3) is 14.1 Å². The number of hydrogen-bond acceptors (Lipinski definition) is 16. The topological polar surface area (TPSA) is 202 Å². The zero-order valence-electron chi connectivity index (χ0n) is 40.7. The number of hydrogen-bond donors (Lipinski definition) is 2. The highest BCUT2D eigenvalue weighted by molar-refractivity contribution is 8.77. The molecule has 2 unspecified atom stereocenters. The van der Waals surface area contributed by atoms with Crippen LogP contribution >= 0.6 is 30.1 Å². The Bertz CT molecular complexity index is 2360. The van der Waals surface area contributed by atoms with E-state index in [1.165, 1.54) is 27.8 Å². The normalized spacial score (nSPS) is 18.1. The maximum Gasteiger partial charge on any atom is 0.408 e. The van der Waals surface area contributed by atoms with Gasteiger partial charge in [0.2, 0.25) is 0 Å². The standard InChI is InChI=1S/C49H64N5O12PS2/c1-11-61-45(56)39(31-68-69-48(6,7)8)51-47(58)65-43-42(66-67(63-29-15-27-50)54(32(2)3)33(4)5)40(64-44(43)53-28-26-41(55)52-46(53)57)30-62-49(34-16-13-12-14-17-34,35-18-22-37(59-9)23-19-35)36-20-24-38(60-10)25-21-36/h12-14,16-26,28,32-33,39-40,42-44H,11,15,29-31H2,1-10H3,(H,51,58)(H,52,55,57)/t39?,40-,42-,43-,44-,67?/m1/s1. The lowest BCUT2D eigenvalue weighted by molar-refractivity contribution is -0.145. The quantitative estimate of drug-likeness (QED) is 0.0223. The second-order valence-electron chi connectivity index (χ2n) is 17.3. The lowest BCUT2D eigenvalue weighted by atomic mass is 9.80. The Morgan fingerprint density at radius 3 is 2.01 bits per heavy atom. The summed E-state index contributed by atoms with van der Waals surface area (Å²) in [5.74, 6) is 0.721. The van der Waals surface area contributed by atoms with Crippen molar-refractivity contribution in [2.24, 2.45) is 0 Å². The van der Waals surface area contributed by atoms with Crippen molar-refractivity contribution >= 4 is 42.2 Å². The van der Waals surface area contributed by atoms with Crippen LogP contribution in [0.3, 0.4) is 0 Å². The van der Waals surface area contributed by atoms with E-state index in [4.69, 9.17) is 37.5 Å². The molecular formula is C49H64N5O12PS2. The lowest BCUT2D eigenvalue weighted by Crippen LogP contribution is -2.48. The maximum atomic E-state index is 14.3. The van der Waals surface area contributed by atoms with E-state index in [0.29, 0.717) is 11.5 Å². The molecule has 4 aromatic rings. The average molecular weight is 1010 g/mol. The largest absolute Gasteiger partial charge is 0.497 e. The van der Waals surface area contributed by atoms with Crippen LogP contribution in [0, 0.1) is 11.3 Å². The van der Waals surface area contributed by atoms with Gasteiger partial charge in [0.15, 0.2) is 12.3 Å². The molecule has 374 valence electrons. The summed E-state index contributed by atoms with van der Waals surface area (Å²) in [4.78, 5) is 56.1. The fraction of sp³-hybridized carbons (Fsp3) is 0.490. The molecule has 1 aliphatic rings. The summed E-state index contributed by atoms with van der Waals surface area (Å²) in [7, 11) is 4.03. The SMILES string of the molecule is CCOC(=O)C(CSSC(C)(C)C)NC(=O)O[C@@H]1[C@H](OP(OCCC#N)N(C(C)C)C(C)C)[C@@H](COC(c2ccccc2)(c2ccc(OC)cc2)c2ccc(OC)cc2)O[C@H]1n1ccc(=O)[nH]c1=O. The first-order valence-electron chi connectivity index (χ1n) is 22.6. The average Bonchev–Trinajstić information content (AvgIpc) is 3.63. The highest BCUT2D eigenvalue weighted by Gasteiger charge is 2.53. The molecule has 1 aromatic heterocycles. The van der Waals surface area contributed by atoms with Crippen LogP contribution in [0.4, 0.5) is 4.79 Å². The van der Waals surface area contributed by atoms with E-state index < -0.39 is 68.0 Å². The number of esters is 1. The second-order valence-corrected chi connectivity index (χ2v) is 21.9. The van der Waals surface area contributed by atoms with Gasteiger partial charge in [0.1, 0.15) is 35.3 Å². The molecule has 20 heteroatoms. The van der Waals surface area contributed by atoms with Crippen LogP contribution in [-0.4, -0.2) is 107 Å². The number of alkyl carbamates (subject to hydrolysis) is 1. The molecular weight excluding hydrogens is 946 g/mol. The van der Waals surface area contributed by atoms with Gasteiger partial charge in [-0.05, 0) is 75.6 Å². The smallest absolute Gasteiger partial charge is 0.408 e. The molecule has 1 saturated heterocycles. The number of carbonyl (C=O) groups excluding carboxylic acids is 2. The first-order valence-corrected chi connectivity index (χ1v) is 26.1. The number of H-pyrrole nitrogens is 1. The van der Waals surface area contributed by atoms with Crippen molar-refractivity contribution in [2.45, 2.75) is 115 Å². The highest BCUT2D eigenvalue weighted by Crippen LogP contribution is 2.51. The fourth-order valence-electron chi connectivity index (χ4n) is 7.62. The van der Waals surface area contributed by atoms with Gasteiger partial charge in [0.05, 0.1) is 46.5 Å². The minimum Gasteiger partial charge on any atom is -0.497 e. The number of amides is 1. The molecule has 6 atom stereocenters. The summed E-state index contributed by atoms with van der Waals surface area (Å²) in [5, 5.41) is 12.2. The fourth-order valence-corrected chi connectivity index (χ4v) is 11.8. The van der Waals surface area contributed by atoms with E-state index in [2.05, 4.69) is 16.4 Å². The lowest BCUT2D eigenvalue weighted by Gasteiger charge is -2.39. The van der Waals surface area contributed by atoms with Gasteiger partial charge in [-0.1, -0.05) is 97.0 Å². The van der Waals surface area contributed by atoms with Crippen LogP contribution in [-0.2, 0) is 38.4 Å². The van der Waals surface area contributed by atoms with Gasteiger partial charge in [-0.2, -0.15) is 5.26 Å².